The molecular weight excluding hydrogens is 864 g/mol. The number of quaternary nitrogens is 1. The number of aliphatic hydroxyl groups is 1. The number of hydrogen-bond acceptors (Lipinski definition) is 5. The molecule has 0 radical (unpaired) electrons. The monoisotopic (exact) mass is 966 g/mol. The Hall–Kier alpha value is -3.10. The van der Waals surface area contributed by atoms with Crippen LogP contribution in [0.25, 0.3) is 0 Å². The van der Waals surface area contributed by atoms with Gasteiger partial charge in [0, 0.05) is 6.42 Å². The molecule has 0 aliphatic rings. The molecule has 1 amide bonds. The summed E-state index contributed by atoms with van der Waals surface area (Å²) in [6, 6.07) is -0.874. The largest absolute Gasteiger partial charge is 0.472 e. The lowest BCUT2D eigenvalue weighted by Crippen LogP contribution is -2.45. The maximum atomic E-state index is 12.9. The number of carbonyl (C=O) groups excluding carboxylic acids is 1. The fraction of sp³-hybridized carbons (Fsp3) is 0.644. The van der Waals surface area contributed by atoms with Crippen molar-refractivity contribution in [3.05, 3.63) is 122 Å². The summed E-state index contributed by atoms with van der Waals surface area (Å²) < 4.78 is 23.5. The van der Waals surface area contributed by atoms with Crippen molar-refractivity contribution in [3.8, 4) is 0 Å². The number of nitrogens with zero attached hydrogens (tertiary/aromatic N) is 1. The summed E-state index contributed by atoms with van der Waals surface area (Å²) in [6.07, 6.45) is 73.4. The van der Waals surface area contributed by atoms with Crippen molar-refractivity contribution in [1.82, 2.24) is 5.32 Å². The molecule has 3 atom stereocenters. The fourth-order valence-electron chi connectivity index (χ4n) is 7.06. The zero-order valence-electron chi connectivity index (χ0n) is 44.0. The molecule has 3 N–H and O–H groups in total. The van der Waals surface area contributed by atoms with Gasteiger partial charge in [-0.05, 0) is 96.8 Å². The Kier molecular flexibility index (Phi) is 46.7. The molecule has 0 aliphatic carbocycles. The molecule has 0 fully saturated rings. The van der Waals surface area contributed by atoms with Crippen molar-refractivity contribution >= 4 is 13.7 Å². The second-order valence-corrected chi connectivity index (χ2v) is 20.3. The van der Waals surface area contributed by atoms with Gasteiger partial charge in [-0.25, -0.2) is 4.57 Å². The van der Waals surface area contributed by atoms with Gasteiger partial charge >= 0.3 is 7.82 Å². The number of nitrogens with one attached hydrogen (secondary N) is 1. The van der Waals surface area contributed by atoms with E-state index < -0.39 is 20.0 Å². The highest BCUT2D eigenvalue weighted by atomic mass is 31.2. The maximum absolute atomic E-state index is 12.9. The van der Waals surface area contributed by atoms with Crippen molar-refractivity contribution in [1.29, 1.82) is 0 Å². The van der Waals surface area contributed by atoms with Gasteiger partial charge in [-0.3, -0.25) is 13.8 Å². The van der Waals surface area contributed by atoms with E-state index in [0.717, 1.165) is 89.9 Å². The Morgan fingerprint density at radius 3 is 1.35 bits per heavy atom. The summed E-state index contributed by atoms with van der Waals surface area (Å²) in [5, 5.41) is 13.8. The average molecular weight is 966 g/mol. The van der Waals surface area contributed by atoms with Gasteiger partial charge in [0.15, 0.2) is 0 Å². The third-order valence-electron chi connectivity index (χ3n) is 11.2. The third-order valence-corrected chi connectivity index (χ3v) is 12.2. The Morgan fingerprint density at radius 1 is 0.529 bits per heavy atom. The molecule has 0 bridgehead atoms. The van der Waals surface area contributed by atoms with Crippen LogP contribution in [0.4, 0.5) is 0 Å². The lowest BCUT2D eigenvalue weighted by Gasteiger charge is -2.25. The molecule has 0 aromatic rings. The van der Waals surface area contributed by atoms with Crippen LogP contribution in [0.15, 0.2) is 122 Å². The number of amides is 1. The number of hydrogen-bond donors (Lipinski definition) is 3. The summed E-state index contributed by atoms with van der Waals surface area (Å²) in [6.45, 7) is 4.41. The minimum atomic E-state index is -4.35. The molecular formula is C59H102N2O6P+. The van der Waals surface area contributed by atoms with E-state index in [0.29, 0.717) is 17.4 Å². The van der Waals surface area contributed by atoms with E-state index >= 15 is 0 Å². The van der Waals surface area contributed by atoms with E-state index in [1.165, 1.54) is 83.5 Å². The lowest BCUT2D eigenvalue weighted by atomic mass is 10.0. The molecule has 388 valence electrons. The van der Waals surface area contributed by atoms with Gasteiger partial charge in [0.25, 0.3) is 0 Å². The van der Waals surface area contributed by atoms with Crippen molar-refractivity contribution in [3.63, 3.8) is 0 Å². The van der Waals surface area contributed by atoms with Crippen LogP contribution in [-0.2, 0) is 18.4 Å². The molecule has 3 unspecified atom stereocenters. The van der Waals surface area contributed by atoms with Crippen LogP contribution < -0.4 is 5.32 Å². The van der Waals surface area contributed by atoms with Gasteiger partial charge in [-0.15, -0.1) is 0 Å². The maximum Gasteiger partial charge on any atom is 0.472 e. The molecule has 68 heavy (non-hydrogen) atoms. The molecule has 0 heterocycles. The highest BCUT2D eigenvalue weighted by molar-refractivity contribution is 7.47. The molecule has 0 saturated carbocycles. The van der Waals surface area contributed by atoms with Crippen LogP contribution in [-0.4, -0.2) is 73.4 Å². The lowest BCUT2D eigenvalue weighted by molar-refractivity contribution is -0.870. The first-order valence-electron chi connectivity index (χ1n) is 26.9. The van der Waals surface area contributed by atoms with Crippen LogP contribution in [0.2, 0.25) is 0 Å². The number of unbranched alkanes of at least 4 members (excludes halogenated alkanes) is 17. The molecule has 0 aromatic heterocycles. The van der Waals surface area contributed by atoms with E-state index in [4.69, 9.17) is 9.05 Å². The summed E-state index contributed by atoms with van der Waals surface area (Å²) in [5.74, 6) is -0.200. The topological polar surface area (TPSA) is 105 Å². The van der Waals surface area contributed by atoms with Crippen LogP contribution in [0, 0.1) is 0 Å². The van der Waals surface area contributed by atoms with Gasteiger partial charge in [0.1, 0.15) is 13.2 Å². The molecule has 9 heteroatoms. The van der Waals surface area contributed by atoms with E-state index in [1.54, 1.807) is 6.08 Å². The predicted molar refractivity (Wildman–Crippen MR) is 295 cm³/mol. The highest BCUT2D eigenvalue weighted by Gasteiger charge is 2.27. The Bertz CT molecular complexity index is 1510. The first-order chi connectivity index (χ1) is 33.0. The van der Waals surface area contributed by atoms with Crippen LogP contribution in [0.3, 0.4) is 0 Å². The van der Waals surface area contributed by atoms with Gasteiger partial charge in [0.2, 0.25) is 5.91 Å². The molecule has 0 aliphatic heterocycles. The summed E-state index contributed by atoms with van der Waals surface area (Å²) in [4.78, 5) is 23.1. The first kappa shape index (κ1) is 64.9. The number of aliphatic hydroxyl groups excluding tert-OH is 1. The number of allylic oxidation sites excluding steroid dienone is 19. The minimum Gasteiger partial charge on any atom is -0.387 e. The van der Waals surface area contributed by atoms with Crippen LogP contribution >= 0.6 is 7.82 Å². The quantitative estimate of drug-likeness (QED) is 0.0243. The average Bonchev–Trinajstić information content (AvgIpc) is 3.30. The van der Waals surface area contributed by atoms with E-state index in [2.05, 4.69) is 116 Å². The minimum absolute atomic E-state index is 0.0483. The van der Waals surface area contributed by atoms with E-state index in [-0.39, 0.29) is 19.1 Å². The molecule has 0 rings (SSSR count). The zero-order chi connectivity index (χ0) is 49.9. The standard InChI is InChI=1S/C59H101N2O6P/c1-6-8-10-12-14-16-17-18-19-20-21-22-23-24-25-26-27-28-29-30-31-32-33-34-35-36-37-38-39-40-41-42-43-45-47-49-51-53-59(63)60-57(56-67-68(64,65)66-55-54-61(3,4)5)58(62)52-50-48-46-44-15-13-11-9-7-2/h7-10,14-16,18-19,21-22,24-25,27-28,30-31,44,50,52,57-58,62H,6,11-13,17,20,23,26,29,32-43,45-49,51,53-56H2,1-5H3,(H-,60,63,64,65)/p+1/b9-7+,10-8-,16-14-,19-18-,22-21-,25-24-,28-27-,31-30-,44-15+,52-50+. The fourth-order valence-corrected chi connectivity index (χ4v) is 7.80. The first-order valence-corrected chi connectivity index (χ1v) is 28.4. The van der Waals surface area contributed by atoms with Gasteiger partial charge in [-0.1, -0.05) is 212 Å². The highest BCUT2D eigenvalue weighted by Crippen LogP contribution is 2.43. The molecule has 8 nitrogen and oxygen atoms in total. The number of phosphoric acid groups is 1. The Morgan fingerprint density at radius 2 is 0.912 bits per heavy atom. The normalized spacial score (nSPS) is 15.0. The predicted octanol–water partition coefficient (Wildman–Crippen LogP) is 16.2. The van der Waals surface area contributed by atoms with Gasteiger partial charge in [0.05, 0.1) is 39.9 Å². The number of likely N-dealkylation sites (N-methyl/N-ethyl adjacent to an activating group) is 1. The Balaban J connectivity index is 3.98. The van der Waals surface area contributed by atoms with E-state index in [1.807, 2.05) is 40.2 Å². The smallest absolute Gasteiger partial charge is 0.387 e. The second kappa shape index (κ2) is 48.9. The van der Waals surface area contributed by atoms with Crippen molar-refractivity contribution in [2.45, 2.75) is 206 Å². The van der Waals surface area contributed by atoms with Gasteiger partial charge in [-0.2, -0.15) is 0 Å². The van der Waals surface area contributed by atoms with E-state index in [9.17, 15) is 19.4 Å². The number of rotatable bonds is 47. The number of phosphoric ester groups is 1. The summed E-state index contributed by atoms with van der Waals surface area (Å²) in [5.41, 5.74) is 0. The SMILES string of the molecule is C/C=C/CC/C=C/CC/C=C/C(O)C(COP(=O)(O)OCC[N+](C)(C)C)NC(=O)CCCCCCCCCCCCCCCCC/C=C\C/C=C\C/C=C\C/C=C\C/C=C\C/C=C\C/C=C\CC. The molecule has 0 spiro atoms. The summed E-state index contributed by atoms with van der Waals surface area (Å²) in [7, 11) is 1.53. The molecule has 0 aromatic carbocycles. The zero-order valence-corrected chi connectivity index (χ0v) is 44.9. The second-order valence-electron chi connectivity index (χ2n) is 18.9. The Labute approximate surface area is 418 Å². The number of carbonyl (C=O) groups is 1. The van der Waals surface area contributed by atoms with Crippen molar-refractivity contribution < 1.29 is 32.9 Å². The van der Waals surface area contributed by atoms with Crippen molar-refractivity contribution in [2.24, 2.45) is 0 Å². The van der Waals surface area contributed by atoms with Gasteiger partial charge < -0.3 is 19.8 Å². The van der Waals surface area contributed by atoms with Crippen molar-refractivity contribution in [2.75, 3.05) is 40.9 Å². The third kappa shape index (κ3) is 50.8. The summed E-state index contributed by atoms with van der Waals surface area (Å²) >= 11 is 0. The van der Waals surface area contributed by atoms with Crippen LogP contribution in [0.1, 0.15) is 194 Å². The molecule has 0 saturated heterocycles. The van der Waals surface area contributed by atoms with Crippen LogP contribution in [0.5, 0.6) is 0 Å².